The summed E-state index contributed by atoms with van der Waals surface area (Å²) >= 11 is 5.94. The summed E-state index contributed by atoms with van der Waals surface area (Å²) in [4.78, 5) is 11.9. The molecule has 1 aliphatic heterocycles. The Morgan fingerprint density at radius 2 is 2.04 bits per heavy atom. The van der Waals surface area contributed by atoms with Crippen molar-refractivity contribution in [1.29, 1.82) is 0 Å². The first-order valence-corrected chi connectivity index (χ1v) is 11.2. The molecule has 2 aromatic rings. The lowest BCUT2D eigenvalue weighted by Gasteiger charge is -2.26. The van der Waals surface area contributed by atoms with Gasteiger partial charge in [-0.15, -0.1) is 0 Å². The van der Waals surface area contributed by atoms with E-state index in [1.165, 1.54) is 0 Å². The van der Waals surface area contributed by atoms with Gasteiger partial charge in [0.15, 0.2) is 6.10 Å². The lowest BCUT2D eigenvalue weighted by Crippen LogP contribution is -2.36. The quantitative estimate of drug-likeness (QED) is 0.712. The van der Waals surface area contributed by atoms with Crippen LogP contribution in [-0.4, -0.2) is 26.2 Å². The van der Waals surface area contributed by atoms with Crippen molar-refractivity contribution in [2.24, 2.45) is 0 Å². The summed E-state index contributed by atoms with van der Waals surface area (Å²) in [5.41, 5.74) is 2.22. The number of rotatable bonds is 7. The summed E-state index contributed by atoms with van der Waals surface area (Å²) in [6.07, 6.45) is 0.397. The molecule has 2 unspecified atom stereocenters. The van der Waals surface area contributed by atoms with E-state index in [1.54, 1.807) is 43.3 Å². The number of hydrogen-bond acceptors (Lipinski definition) is 4. The molecule has 2 N–H and O–H groups in total. The molecule has 0 saturated carbocycles. The number of amides is 1. The van der Waals surface area contributed by atoms with Gasteiger partial charge >= 0.3 is 0 Å². The number of benzene rings is 2. The SMILES string of the molecule is CCC1Oc2cc(C(C)NS(=O)(=O)CCc3cccc(Cl)c3)ccc2NC1=O. The molecule has 0 fully saturated rings. The predicted octanol–water partition coefficient (Wildman–Crippen LogP) is 3.67. The van der Waals surface area contributed by atoms with Crippen LogP contribution in [-0.2, 0) is 21.2 Å². The number of nitrogens with one attached hydrogen (secondary N) is 2. The maximum atomic E-state index is 12.5. The molecule has 0 bridgehead atoms. The fraction of sp³-hybridized carbons (Fsp3) is 0.350. The van der Waals surface area contributed by atoms with Crippen LogP contribution >= 0.6 is 11.6 Å². The Kier molecular flexibility index (Phi) is 6.27. The van der Waals surface area contributed by atoms with Crippen LogP contribution in [0.5, 0.6) is 5.75 Å². The van der Waals surface area contributed by atoms with E-state index in [9.17, 15) is 13.2 Å². The number of fused-ring (bicyclic) bond motifs is 1. The third kappa shape index (κ3) is 5.04. The minimum absolute atomic E-state index is 0.0346. The zero-order valence-corrected chi connectivity index (χ0v) is 17.3. The fourth-order valence-electron chi connectivity index (χ4n) is 3.04. The van der Waals surface area contributed by atoms with Crippen molar-refractivity contribution >= 4 is 33.2 Å². The van der Waals surface area contributed by atoms with Crippen LogP contribution in [0.4, 0.5) is 5.69 Å². The van der Waals surface area contributed by atoms with E-state index < -0.39 is 22.2 Å². The summed E-state index contributed by atoms with van der Waals surface area (Å²) in [5, 5.41) is 3.39. The van der Waals surface area contributed by atoms with Crippen LogP contribution in [0.3, 0.4) is 0 Å². The minimum Gasteiger partial charge on any atom is -0.478 e. The molecule has 1 aliphatic rings. The van der Waals surface area contributed by atoms with Crippen molar-refractivity contribution in [3.8, 4) is 5.75 Å². The molecular formula is C20H23ClN2O4S. The monoisotopic (exact) mass is 422 g/mol. The molecule has 8 heteroatoms. The highest BCUT2D eigenvalue weighted by Gasteiger charge is 2.27. The van der Waals surface area contributed by atoms with E-state index in [1.807, 2.05) is 13.0 Å². The van der Waals surface area contributed by atoms with Gasteiger partial charge in [-0.1, -0.05) is 36.7 Å². The van der Waals surface area contributed by atoms with Gasteiger partial charge in [-0.05, 0) is 55.2 Å². The second kappa shape index (κ2) is 8.51. The number of carbonyl (C=O) groups is 1. The highest BCUT2D eigenvalue weighted by atomic mass is 35.5. The lowest BCUT2D eigenvalue weighted by atomic mass is 10.1. The van der Waals surface area contributed by atoms with Crippen molar-refractivity contribution in [2.75, 3.05) is 11.1 Å². The van der Waals surface area contributed by atoms with E-state index in [2.05, 4.69) is 10.0 Å². The molecule has 0 saturated heterocycles. The van der Waals surface area contributed by atoms with Gasteiger partial charge < -0.3 is 10.1 Å². The molecule has 150 valence electrons. The van der Waals surface area contributed by atoms with Crippen molar-refractivity contribution in [3.05, 3.63) is 58.6 Å². The number of hydrogen-bond donors (Lipinski definition) is 2. The highest BCUT2D eigenvalue weighted by molar-refractivity contribution is 7.89. The van der Waals surface area contributed by atoms with Gasteiger partial charge in [0.25, 0.3) is 5.91 Å². The number of aryl methyl sites for hydroxylation is 1. The fourth-order valence-corrected chi connectivity index (χ4v) is 4.55. The maximum Gasteiger partial charge on any atom is 0.265 e. The van der Waals surface area contributed by atoms with E-state index in [0.717, 1.165) is 11.1 Å². The molecule has 1 amide bonds. The average molecular weight is 423 g/mol. The van der Waals surface area contributed by atoms with Gasteiger partial charge in [-0.3, -0.25) is 4.79 Å². The molecular weight excluding hydrogens is 400 g/mol. The van der Waals surface area contributed by atoms with Crippen LogP contribution in [0.1, 0.15) is 37.4 Å². The Balaban J connectivity index is 1.67. The van der Waals surface area contributed by atoms with Gasteiger partial charge in [0.05, 0.1) is 11.4 Å². The van der Waals surface area contributed by atoms with E-state index in [-0.39, 0.29) is 11.7 Å². The number of sulfonamides is 1. The first kappa shape index (κ1) is 20.6. The third-order valence-corrected chi connectivity index (χ3v) is 6.29. The topological polar surface area (TPSA) is 84.5 Å². The van der Waals surface area contributed by atoms with Crippen molar-refractivity contribution in [3.63, 3.8) is 0 Å². The zero-order valence-electron chi connectivity index (χ0n) is 15.7. The second-order valence-corrected chi connectivity index (χ2v) is 9.11. The molecule has 3 rings (SSSR count). The summed E-state index contributed by atoms with van der Waals surface area (Å²) in [5.74, 6) is 0.346. The molecule has 6 nitrogen and oxygen atoms in total. The molecule has 2 atom stereocenters. The molecule has 0 spiro atoms. The zero-order chi connectivity index (χ0) is 20.3. The van der Waals surface area contributed by atoms with Gasteiger partial charge in [-0.2, -0.15) is 0 Å². The summed E-state index contributed by atoms with van der Waals surface area (Å²) in [6.45, 7) is 3.65. The van der Waals surface area contributed by atoms with E-state index in [0.29, 0.717) is 29.3 Å². The van der Waals surface area contributed by atoms with Crippen LogP contribution in [0, 0.1) is 0 Å². The molecule has 28 heavy (non-hydrogen) atoms. The molecule has 0 aromatic heterocycles. The molecule has 1 heterocycles. The van der Waals surface area contributed by atoms with E-state index >= 15 is 0 Å². The predicted molar refractivity (Wildman–Crippen MR) is 110 cm³/mol. The summed E-state index contributed by atoms with van der Waals surface area (Å²) in [7, 11) is -3.49. The molecule has 0 aliphatic carbocycles. The summed E-state index contributed by atoms with van der Waals surface area (Å²) < 4.78 is 33.4. The van der Waals surface area contributed by atoms with Crippen LogP contribution < -0.4 is 14.8 Å². The standard InChI is InChI=1S/C20H23ClN2O4S/c1-3-18-20(24)22-17-8-7-15(12-19(17)27-18)13(2)23-28(25,26)10-9-14-5-4-6-16(21)11-14/h4-8,11-13,18,23H,3,9-10H2,1-2H3,(H,22,24). The number of carbonyl (C=O) groups excluding carboxylic acids is 1. The highest BCUT2D eigenvalue weighted by Crippen LogP contribution is 2.33. The van der Waals surface area contributed by atoms with Crippen molar-refractivity contribution in [1.82, 2.24) is 4.72 Å². The average Bonchev–Trinajstić information content (AvgIpc) is 2.65. The largest absolute Gasteiger partial charge is 0.478 e. The smallest absolute Gasteiger partial charge is 0.265 e. The van der Waals surface area contributed by atoms with Gasteiger partial charge in [0.2, 0.25) is 10.0 Å². The number of anilines is 1. The van der Waals surface area contributed by atoms with Crippen LogP contribution in [0.15, 0.2) is 42.5 Å². The molecule has 2 aromatic carbocycles. The minimum atomic E-state index is -3.49. The van der Waals surface area contributed by atoms with Gasteiger partial charge in [0, 0.05) is 11.1 Å². The Morgan fingerprint density at radius 3 is 2.75 bits per heavy atom. The Morgan fingerprint density at radius 1 is 1.25 bits per heavy atom. The van der Waals surface area contributed by atoms with Crippen molar-refractivity contribution < 1.29 is 17.9 Å². The molecule has 0 radical (unpaired) electrons. The van der Waals surface area contributed by atoms with Crippen molar-refractivity contribution in [2.45, 2.75) is 38.8 Å². The Labute approximate surface area is 170 Å². The summed E-state index contributed by atoms with van der Waals surface area (Å²) in [6, 6.07) is 12.0. The van der Waals surface area contributed by atoms with Gasteiger partial charge in [-0.25, -0.2) is 13.1 Å². The van der Waals surface area contributed by atoms with Gasteiger partial charge in [0.1, 0.15) is 5.75 Å². The van der Waals surface area contributed by atoms with Crippen LogP contribution in [0.2, 0.25) is 5.02 Å². The van der Waals surface area contributed by atoms with E-state index in [4.69, 9.17) is 16.3 Å². The Bertz CT molecular complexity index is 978. The third-order valence-electron chi connectivity index (χ3n) is 4.60. The Hall–Kier alpha value is -2.09. The number of ether oxygens (including phenoxy) is 1. The second-order valence-electron chi connectivity index (χ2n) is 6.80. The van der Waals surface area contributed by atoms with Crippen LogP contribution in [0.25, 0.3) is 0 Å². The first-order chi connectivity index (χ1) is 13.3. The maximum absolute atomic E-state index is 12.5. The normalized spacial score (nSPS) is 17.4. The lowest BCUT2D eigenvalue weighted by molar-refractivity contribution is -0.123. The first-order valence-electron chi connectivity index (χ1n) is 9.13. The number of halogens is 1.